The van der Waals surface area contributed by atoms with Crippen LogP contribution in [0.2, 0.25) is 0 Å². The Bertz CT molecular complexity index is 644. The lowest BCUT2D eigenvalue weighted by atomic mass is 9.88. The van der Waals surface area contributed by atoms with Crippen LogP contribution < -0.4 is 10.2 Å². The minimum atomic E-state index is -2.47. The van der Waals surface area contributed by atoms with Crippen LogP contribution in [0.15, 0.2) is 18.2 Å². The number of nitrogens with one attached hydrogen (secondary N) is 1. The molecule has 1 amide bonds. The smallest absolute Gasteiger partial charge is 0.331 e. The highest BCUT2D eigenvalue weighted by molar-refractivity contribution is 6.06. The fraction of sp³-hybridized carbons (Fsp3) is 0.562. The monoisotopic (exact) mass is 303 g/mol. The van der Waals surface area contributed by atoms with Crippen molar-refractivity contribution in [3.63, 3.8) is 0 Å². The van der Waals surface area contributed by atoms with Gasteiger partial charge in [0.25, 0.3) is 0 Å². The minimum absolute atomic E-state index is 0.0489. The van der Waals surface area contributed by atoms with Crippen LogP contribution in [0, 0.1) is 0 Å². The van der Waals surface area contributed by atoms with E-state index >= 15 is 0 Å². The molecule has 22 heavy (non-hydrogen) atoms. The third-order valence-electron chi connectivity index (χ3n) is 5.27. The zero-order chi connectivity index (χ0) is 15.6. The molecule has 1 fully saturated rings. The first-order chi connectivity index (χ1) is 10.4. The van der Waals surface area contributed by atoms with Gasteiger partial charge in [0.2, 0.25) is 0 Å². The van der Waals surface area contributed by atoms with Gasteiger partial charge in [-0.25, -0.2) is 0 Å². The number of piperidine rings is 1. The number of aliphatic hydroxyl groups is 2. The zero-order valence-electron chi connectivity index (χ0n) is 12.8. The molecule has 1 aromatic rings. The van der Waals surface area contributed by atoms with Gasteiger partial charge in [-0.05, 0) is 31.9 Å². The van der Waals surface area contributed by atoms with E-state index in [1.807, 2.05) is 18.2 Å². The summed E-state index contributed by atoms with van der Waals surface area (Å²) >= 11 is 0. The fourth-order valence-electron chi connectivity index (χ4n) is 4.15. The highest BCUT2D eigenvalue weighted by Gasteiger charge is 2.56. The Kier molecular flexibility index (Phi) is 2.82. The van der Waals surface area contributed by atoms with Crippen LogP contribution in [0.1, 0.15) is 31.7 Å². The van der Waals surface area contributed by atoms with Crippen molar-refractivity contribution in [2.24, 2.45) is 0 Å². The number of likely N-dealkylation sites (tertiary alicyclic amines) is 1. The van der Waals surface area contributed by atoms with Gasteiger partial charge in [0.15, 0.2) is 0 Å². The van der Waals surface area contributed by atoms with Crippen molar-refractivity contribution in [1.82, 2.24) is 4.90 Å². The van der Waals surface area contributed by atoms with Crippen molar-refractivity contribution in [2.75, 3.05) is 23.3 Å². The number of benzene rings is 1. The van der Waals surface area contributed by atoms with Crippen molar-refractivity contribution in [2.45, 2.75) is 44.2 Å². The van der Waals surface area contributed by atoms with Crippen molar-refractivity contribution < 1.29 is 15.0 Å². The lowest BCUT2D eigenvalue weighted by molar-refractivity contribution is -0.182. The quantitative estimate of drug-likeness (QED) is 0.665. The van der Waals surface area contributed by atoms with E-state index in [-0.39, 0.29) is 12.0 Å². The maximum absolute atomic E-state index is 12.1. The first-order valence-corrected chi connectivity index (χ1v) is 7.83. The molecule has 0 radical (unpaired) electrons. The van der Waals surface area contributed by atoms with Gasteiger partial charge in [-0.3, -0.25) is 4.79 Å². The molecular formula is C16H21N3O3. The number of rotatable bonds is 1. The van der Waals surface area contributed by atoms with Gasteiger partial charge in [0.1, 0.15) is 0 Å². The van der Waals surface area contributed by atoms with E-state index in [1.165, 1.54) is 4.90 Å². The number of nitrogens with zero attached hydrogens (tertiary/aromatic N) is 2. The van der Waals surface area contributed by atoms with E-state index in [0.717, 1.165) is 30.8 Å². The summed E-state index contributed by atoms with van der Waals surface area (Å²) in [5, 5.41) is 23.3. The maximum Gasteiger partial charge on any atom is 0.331 e. The normalized spacial score (nSPS) is 29.3. The molecule has 0 aliphatic carbocycles. The number of para-hydroxylation sites is 1. The highest BCUT2D eigenvalue weighted by atomic mass is 16.5. The average molecular weight is 303 g/mol. The van der Waals surface area contributed by atoms with Crippen LogP contribution in [-0.4, -0.2) is 52.1 Å². The third kappa shape index (κ3) is 1.68. The number of carbonyl (C=O) groups excluding carboxylic acids is 1. The molecule has 3 heterocycles. The van der Waals surface area contributed by atoms with Crippen molar-refractivity contribution in [1.29, 1.82) is 0 Å². The Morgan fingerprint density at radius 1 is 1.36 bits per heavy atom. The lowest BCUT2D eigenvalue weighted by Crippen LogP contribution is -2.64. The first-order valence-electron chi connectivity index (χ1n) is 7.83. The number of fused-ring (bicyclic) bond motifs is 3. The van der Waals surface area contributed by atoms with Crippen LogP contribution >= 0.6 is 0 Å². The number of hydrogen-bond acceptors (Lipinski definition) is 5. The summed E-state index contributed by atoms with van der Waals surface area (Å²) in [6.45, 7) is 6.13. The van der Waals surface area contributed by atoms with Gasteiger partial charge in [-0.1, -0.05) is 12.1 Å². The van der Waals surface area contributed by atoms with Crippen LogP contribution in [0.5, 0.6) is 0 Å². The predicted octanol–water partition coefficient (Wildman–Crippen LogP) is 0.663. The van der Waals surface area contributed by atoms with Crippen molar-refractivity contribution in [3.05, 3.63) is 23.8 Å². The zero-order valence-corrected chi connectivity index (χ0v) is 12.8. The van der Waals surface area contributed by atoms with E-state index in [2.05, 4.69) is 24.1 Å². The van der Waals surface area contributed by atoms with Crippen molar-refractivity contribution in [3.8, 4) is 0 Å². The van der Waals surface area contributed by atoms with E-state index in [0.29, 0.717) is 11.7 Å². The molecule has 3 aliphatic rings. The van der Waals surface area contributed by atoms with E-state index < -0.39 is 11.8 Å². The molecule has 2 unspecified atom stereocenters. The second-order valence-electron chi connectivity index (χ2n) is 6.75. The topological polar surface area (TPSA) is 76.0 Å². The summed E-state index contributed by atoms with van der Waals surface area (Å²) in [6.07, 6.45) is 0.813. The SMILES string of the molecule is CC(C)N1CCC2C(C1)c1cccc3c1N2C(O)(O)C(=O)N3. The molecule has 0 spiro atoms. The van der Waals surface area contributed by atoms with E-state index in [4.69, 9.17) is 0 Å². The average Bonchev–Trinajstić information content (AvgIpc) is 2.81. The third-order valence-corrected chi connectivity index (χ3v) is 5.27. The largest absolute Gasteiger partial charge is 0.341 e. The molecular weight excluding hydrogens is 282 g/mol. The van der Waals surface area contributed by atoms with Crippen LogP contribution in [0.25, 0.3) is 0 Å². The van der Waals surface area contributed by atoms with Gasteiger partial charge in [0.05, 0.1) is 11.4 Å². The second-order valence-corrected chi connectivity index (χ2v) is 6.75. The Labute approximate surface area is 129 Å². The standard InChI is InChI=1S/C16H21N3O3/c1-9(2)18-7-6-13-11(8-18)10-4-3-5-12-14(10)19(13)16(21,22)15(20)17-12/h3-5,9,11,13,21-22H,6-8H2,1-2H3,(H,17,20). The summed E-state index contributed by atoms with van der Waals surface area (Å²) in [6, 6.07) is 6.18. The number of hydrogen-bond donors (Lipinski definition) is 3. The minimum Gasteiger partial charge on any atom is -0.341 e. The summed E-state index contributed by atoms with van der Waals surface area (Å²) in [5.74, 6) is -3.05. The van der Waals surface area contributed by atoms with Gasteiger partial charge in [0, 0.05) is 31.1 Å². The Hall–Kier alpha value is -1.63. The summed E-state index contributed by atoms with van der Waals surface area (Å²) < 4.78 is 0. The molecule has 3 aliphatic heterocycles. The fourth-order valence-corrected chi connectivity index (χ4v) is 4.15. The predicted molar refractivity (Wildman–Crippen MR) is 82.6 cm³/mol. The molecule has 6 nitrogen and oxygen atoms in total. The van der Waals surface area contributed by atoms with Crippen LogP contribution in [-0.2, 0) is 4.79 Å². The van der Waals surface area contributed by atoms with Crippen LogP contribution in [0.4, 0.5) is 11.4 Å². The first kappa shape index (κ1) is 14.0. The Balaban J connectivity index is 1.83. The van der Waals surface area contributed by atoms with E-state index in [9.17, 15) is 15.0 Å². The molecule has 2 atom stereocenters. The molecule has 6 heteroatoms. The highest BCUT2D eigenvalue weighted by Crippen LogP contribution is 2.52. The molecule has 1 aromatic carbocycles. The van der Waals surface area contributed by atoms with E-state index in [1.54, 1.807) is 0 Å². The summed E-state index contributed by atoms with van der Waals surface area (Å²) in [4.78, 5) is 16.0. The molecule has 4 rings (SSSR count). The number of anilines is 2. The summed E-state index contributed by atoms with van der Waals surface area (Å²) in [7, 11) is 0. The molecule has 118 valence electrons. The number of carbonyl (C=O) groups is 1. The molecule has 1 saturated heterocycles. The molecule has 3 N–H and O–H groups in total. The number of amides is 1. The molecule has 0 aromatic heterocycles. The molecule has 0 saturated carbocycles. The Morgan fingerprint density at radius 2 is 2.14 bits per heavy atom. The van der Waals surface area contributed by atoms with Crippen molar-refractivity contribution >= 4 is 17.3 Å². The van der Waals surface area contributed by atoms with Gasteiger partial charge in [-0.15, -0.1) is 0 Å². The van der Waals surface area contributed by atoms with Gasteiger partial charge < -0.3 is 25.3 Å². The van der Waals surface area contributed by atoms with Gasteiger partial charge >= 0.3 is 11.8 Å². The van der Waals surface area contributed by atoms with Gasteiger partial charge in [-0.2, -0.15) is 0 Å². The van der Waals surface area contributed by atoms with Crippen LogP contribution in [0.3, 0.4) is 0 Å². The lowest BCUT2D eigenvalue weighted by Gasteiger charge is -2.45. The summed E-state index contributed by atoms with van der Waals surface area (Å²) in [5.41, 5.74) is 2.54. The second kappa shape index (κ2) is 4.44. The Morgan fingerprint density at radius 3 is 2.86 bits per heavy atom. The maximum atomic E-state index is 12.1. The molecule has 0 bridgehead atoms.